The van der Waals surface area contributed by atoms with Crippen molar-refractivity contribution in [2.45, 2.75) is 193 Å². The van der Waals surface area contributed by atoms with E-state index in [0.29, 0.717) is 6.61 Å². The van der Waals surface area contributed by atoms with Gasteiger partial charge < -0.3 is 23.8 Å². The quantitative estimate of drug-likeness (QED) is 0.0517. The van der Waals surface area contributed by atoms with Gasteiger partial charge in [0.05, 0.1) is 36.6 Å². The fraction of sp³-hybridized carbons (Fsp3) is 0.805. The summed E-state index contributed by atoms with van der Waals surface area (Å²) in [4.78, 5) is 17.1. The summed E-state index contributed by atoms with van der Waals surface area (Å²) >= 11 is 0. The van der Waals surface area contributed by atoms with Crippen molar-refractivity contribution in [1.29, 1.82) is 0 Å². The Hall–Kier alpha value is -1.90. The highest BCUT2D eigenvalue weighted by Crippen LogP contribution is 2.37. The van der Waals surface area contributed by atoms with E-state index in [0.717, 1.165) is 88.5 Å². The molecule has 8 heteroatoms. The predicted octanol–water partition coefficient (Wildman–Crippen LogP) is 12.0. The highest BCUT2D eigenvalue weighted by atomic mass is 28.4. The van der Waals surface area contributed by atoms with Crippen LogP contribution in [0.15, 0.2) is 30.6 Å². The summed E-state index contributed by atoms with van der Waals surface area (Å²) in [5.74, 6) is 0. The van der Waals surface area contributed by atoms with Crippen molar-refractivity contribution in [2.75, 3.05) is 19.7 Å². The third-order valence-electron chi connectivity index (χ3n) is 10.3. The molecule has 0 saturated carbocycles. The molecule has 49 heavy (non-hydrogen) atoms. The van der Waals surface area contributed by atoms with Crippen LogP contribution in [-0.2, 0) is 20.4 Å². The Bertz CT molecular complexity index is 1100. The lowest BCUT2D eigenvalue weighted by Gasteiger charge is -2.39. The molecule has 0 fully saturated rings. The van der Waals surface area contributed by atoms with E-state index in [4.69, 9.17) is 13.9 Å². The number of benzene rings is 1. The van der Waals surface area contributed by atoms with E-state index in [1.54, 1.807) is 0 Å². The van der Waals surface area contributed by atoms with Crippen molar-refractivity contribution >= 4 is 25.5 Å². The number of carbonyl (C=O) groups is 1. The standard InChI is InChI=1S/C41H75N3O4Si/c1-8-10-12-14-17-21-27-36(28-22-18-15-13-11-9-2)47-40(45)46-32-26-20-16-19-25-31-42-33-37(48-49(6,7)41(3,4)5)34-44-35-43-38-29-23-24-30-39(38)44/h23-24,29-30,35-37,42H,8-22,25-28,31-34H2,1-7H3. The summed E-state index contributed by atoms with van der Waals surface area (Å²) in [6.07, 6.45) is 24.0. The molecule has 2 rings (SSSR count). The van der Waals surface area contributed by atoms with Crippen molar-refractivity contribution in [3.05, 3.63) is 30.6 Å². The summed E-state index contributed by atoms with van der Waals surface area (Å²) in [6.45, 7) is 19.1. The van der Waals surface area contributed by atoms with Crippen LogP contribution in [0.4, 0.5) is 4.79 Å². The SMILES string of the molecule is CCCCCCCCC(CCCCCCCC)OC(=O)OCCCCCCCNCC(Cn1cnc2ccccc21)O[Si](C)(C)C(C)(C)C. The minimum atomic E-state index is -1.92. The van der Waals surface area contributed by atoms with Gasteiger partial charge in [-0.05, 0) is 75.3 Å². The Morgan fingerprint density at radius 2 is 1.37 bits per heavy atom. The lowest BCUT2D eigenvalue weighted by molar-refractivity contribution is 0.0154. The van der Waals surface area contributed by atoms with E-state index < -0.39 is 14.5 Å². The molecule has 0 bridgehead atoms. The van der Waals surface area contributed by atoms with Crippen LogP contribution >= 0.6 is 0 Å². The maximum absolute atomic E-state index is 12.5. The van der Waals surface area contributed by atoms with Gasteiger partial charge in [0.1, 0.15) is 6.10 Å². The second kappa shape index (κ2) is 25.1. The van der Waals surface area contributed by atoms with Crippen LogP contribution in [0.5, 0.6) is 0 Å². The average molecular weight is 702 g/mol. The molecule has 7 nitrogen and oxygen atoms in total. The third-order valence-corrected chi connectivity index (χ3v) is 14.8. The van der Waals surface area contributed by atoms with Crippen LogP contribution in [-0.4, -0.2) is 55.9 Å². The molecule has 2 aromatic rings. The summed E-state index contributed by atoms with van der Waals surface area (Å²) in [6, 6.07) is 8.32. The van der Waals surface area contributed by atoms with Gasteiger partial charge in [0.2, 0.25) is 0 Å². The number of aromatic nitrogens is 2. The molecule has 0 amide bonds. The number of nitrogens with zero attached hydrogens (tertiary/aromatic N) is 2. The zero-order chi connectivity index (χ0) is 35.8. The molecule has 0 aliphatic rings. The van der Waals surface area contributed by atoms with Crippen molar-refractivity contribution in [3.8, 4) is 0 Å². The molecule has 0 spiro atoms. The lowest BCUT2D eigenvalue weighted by atomic mass is 10.0. The highest BCUT2D eigenvalue weighted by Gasteiger charge is 2.39. The first kappa shape index (κ1) is 43.3. The van der Waals surface area contributed by atoms with Gasteiger partial charge in [0, 0.05) is 6.54 Å². The van der Waals surface area contributed by atoms with Gasteiger partial charge in [-0.2, -0.15) is 0 Å². The largest absolute Gasteiger partial charge is 0.508 e. The van der Waals surface area contributed by atoms with Gasteiger partial charge in [0.15, 0.2) is 8.32 Å². The number of unbranched alkanes of at least 4 members (excludes halogenated alkanes) is 14. The smallest absolute Gasteiger partial charge is 0.434 e. The van der Waals surface area contributed by atoms with Crippen molar-refractivity contribution in [1.82, 2.24) is 14.9 Å². The van der Waals surface area contributed by atoms with Crippen molar-refractivity contribution < 1.29 is 18.7 Å². The van der Waals surface area contributed by atoms with Crippen molar-refractivity contribution in [2.24, 2.45) is 0 Å². The molecule has 1 aromatic heterocycles. The lowest BCUT2D eigenvalue weighted by Crippen LogP contribution is -2.47. The summed E-state index contributed by atoms with van der Waals surface area (Å²) in [7, 11) is -1.92. The first-order valence-electron chi connectivity index (χ1n) is 20.2. The van der Waals surface area contributed by atoms with Crippen LogP contribution in [0.3, 0.4) is 0 Å². The molecule has 0 aliphatic heterocycles. The number of carbonyl (C=O) groups excluding carboxylic acids is 1. The number of nitrogens with one attached hydrogen (secondary N) is 1. The Kier molecular flexibility index (Phi) is 22.2. The Labute approximate surface area is 302 Å². The highest BCUT2D eigenvalue weighted by molar-refractivity contribution is 6.74. The molecular formula is C41H75N3O4Si. The molecule has 1 aromatic carbocycles. The van der Waals surface area contributed by atoms with Gasteiger partial charge >= 0.3 is 6.16 Å². The van der Waals surface area contributed by atoms with E-state index >= 15 is 0 Å². The molecule has 282 valence electrons. The summed E-state index contributed by atoms with van der Waals surface area (Å²) in [5.41, 5.74) is 2.18. The predicted molar refractivity (Wildman–Crippen MR) is 210 cm³/mol. The van der Waals surface area contributed by atoms with Crippen LogP contribution in [0.25, 0.3) is 11.0 Å². The molecular weight excluding hydrogens is 627 g/mol. The van der Waals surface area contributed by atoms with E-state index in [2.05, 4.69) is 80.8 Å². The molecule has 1 heterocycles. The maximum Gasteiger partial charge on any atom is 0.508 e. The van der Waals surface area contributed by atoms with E-state index in [1.165, 1.54) is 64.2 Å². The average Bonchev–Trinajstić information content (AvgIpc) is 3.46. The summed E-state index contributed by atoms with van der Waals surface area (Å²) < 4.78 is 20.4. The number of ether oxygens (including phenoxy) is 2. The van der Waals surface area contributed by atoms with Gasteiger partial charge in [-0.3, -0.25) is 0 Å². The number of imidazole rings is 1. The summed E-state index contributed by atoms with van der Waals surface area (Å²) in [5, 5.41) is 3.84. The van der Waals surface area contributed by atoms with E-state index in [1.807, 2.05) is 12.4 Å². The topological polar surface area (TPSA) is 74.6 Å². The fourth-order valence-electron chi connectivity index (χ4n) is 6.15. The van der Waals surface area contributed by atoms with Gasteiger partial charge in [-0.15, -0.1) is 0 Å². The molecule has 1 unspecified atom stereocenters. The van der Waals surface area contributed by atoms with Gasteiger partial charge in [-0.1, -0.05) is 130 Å². The Morgan fingerprint density at radius 3 is 2.00 bits per heavy atom. The second-order valence-electron chi connectivity index (χ2n) is 15.8. The maximum atomic E-state index is 12.5. The zero-order valence-electron chi connectivity index (χ0n) is 32.8. The van der Waals surface area contributed by atoms with Crippen LogP contribution in [0.2, 0.25) is 18.1 Å². The molecule has 1 atom stereocenters. The fourth-order valence-corrected chi connectivity index (χ4v) is 7.49. The first-order valence-corrected chi connectivity index (χ1v) is 23.1. The van der Waals surface area contributed by atoms with E-state index in [9.17, 15) is 4.79 Å². The zero-order valence-corrected chi connectivity index (χ0v) is 33.8. The number of para-hydroxylation sites is 2. The molecule has 0 aliphatic carbocycles. The Balaban J connectivity index is 1.64. The second-order valence-corrected chi connectivity index (χ2v) is 20.6. The molecule has 0 radical (unpaired) electrons. The minimum absolute atomic E-state index is 0.00326. The third kappa shape index (κ3) is 18.8. The number of fused-ring (bicyclic) bond motifs is 1. The normalized spacial score (nSPS) is 13.0. The molecule has 0 saturated heterocycles. The number of rotatable bonds is 29. The minimum Gasteiger partial charge on any atom is -0.434 e. The van der Waals surface area contributed by atoms with E-state index in [-0.39, 0.29) is 17.2 Å². The number of hydrogen-bond acceptors (Lipinski definition) is 6. The molecule has 1 N–H and O–H groups in total. The van der Waals surface area contributed by atoms with Crippen LogP contribution < -0.4 is 5.32 Å². The van der Waals surface area contributed by atoms with Gasteiger partial charge in [-0.25, -0.2) is 9.78 Å². The first-order chi connectivity index (χ1) is 23.6. The van der Waals surface area contributed by atoms with Crippen LogP contribution in [0, 0.1) is 0 Å². The van der Waals surface area contributed by atoms with Gasteiger partial charge in [0.25, 0.3) is 0 Å². The van der Waals surface area contributed by atoms with Crippen LogP contribution in [0.1, 0.15) is 157 Å². The number of hydrogen-bond donors (Lipinski definition) is 1. The Morgan fingerprint density at radius 1 is 0.796 bits per heavy atom. The van der Waals surface area contributed by atoms with Crippen molar-refractivity contribution in [3.63, 3.8) is 0 Å². The monoisotopic (exact) mass is 702 g/mol.